The Morgan fingerprint density at radius 2 is 2.14 bits per heavy atom. The molecule has 0 aliphatic heterocycles. The first-order valence-corrected chi connectivity index (χ1v) is 3.43. The van der Waals surface area contributed by atoms with Crippen molar-refractivity contribution in [3.8, 4) is 0 Å². The lowest BCUT2D eigenvalue weighted by Crippen LogP contribution is -1.90. The van der Waals surface area contributed by atoms with Crippen LogP contribution in [0.3, 0.4) is 0 Å². The topological polar surface area (TPSA) is 26.3 Å². The van der Waals surface area contributed by atoms with Gasteiger partial charge in [-0.2, -0.15) is 0 Å². The Kier molecular flexibility index (Phi) is 2.97. The summed E-state index contributed by atoms with van der Waals surface area (Å²) in [5.74, 6) is 0. The molecular weight excluding hydrogens is 111 g/mol. The maximum Gasteiger partial charge on any atom is 0.231 e. The Labute approximate surface area is 44.0 Å². The highest BCUT2D eigenvalue weighted by Crippen LogP contribution is 2.07. The summed E-state index contributed by atoms with van der Waals surface area (Å²) in [6.07, 6.45) is 3.19. The van der Waals surface area contributed by atoms with E-state index in [4.69, 9.17) is 0 Å². The minimum Gasteiger partial charge on any atom is -0.299 e. The molecule has 0 aliphatic carbocycles. The lowest BCUT2D eigenvalue weighted by molar-refractivity contribution is 0.265. The van der Waals surface area contributed by atoms with Crippen molar-refractivity contribution in [2.75, 3.05) is 0 Å². The lowest BCUT2D eigenvalue weighted by atomic mass is 10.5. The summed E-state index contributed by atoms with van der Waals surface area (Å²) < 4.78 is 14.7. The van der Waals surface area contributed by atoms with Crippen molar-refractivity contribution >= 4 is 14.0 Å². The molecule has 0 amide bonds. The molecule has 0 spiro atoms. The normalized spacial score (nSPS) is 12.1. The molecule has 0 N–H and O–H groups in total. The summed E-state index contributed by atoms with van der Waals surface area (Å²) in [5, 5.41) is 0. The zero-order chi connectivity index (χ0) is 5.86. The molecule has 0 rings (SSSR count). The van der Waals surface area contributed by atoms with Gasteiger partial charge in [-0.1, -0.05) is 0 Å². The summed E-state index contributed by atoms with van der Waals surface area (Å²) in [4.78, 5) is 0. The van der Waals surface area contributed by atoms with Gasteiger partial charge in [-0.05, 0) is 20.1 Å². The zero-order valence-corrected chi connectivity index (χ0v) is 5.44. The van der Waals surface area contributed by atoms with Crippen LogP contribution in [0.5, 0.6) is 0 Å². The first kappa shape index (κ1) is 6.93. The Balaban J connectivity index is 3.32. The lowest BCUT2D eigenvalue weighted by Gasteiger charge is -1.95. The Bertz CT molecular complexity index is 96.3. The molecule has 1 atom stereocenters. The Morgan fingerprint density at radius 3 is 2.14 bits per heavy atom. The number of hydrogen-bond acceptors (Lipinski definition) is 2. The van der Waals surface area contributed by atoms with Crippen LogP contribution in [0.4, 0.5) is 0 Å². The highest BCUT2D eigenvalue weighted by atomic mass is 31.1. The molecule has 7 heavy (non-hydrogen) atoms. The van der Waals surface area contributed by atoms with Gasteiger partial charge in [-0.25, -0.2) is 0 Å². The number of rotatable bonds is 2. The van der Waals surface area contributed by atoms with Crippen molar-refractivity contribution < 1.29 is 9.09 Å². The third-order valence-corrected chi connectivity index (χ3v) is 0.985. The summed E-state index contributed by atoms with van der Waals surface area (Å²) >= 11 is 0. The van der Waals surface area contributed by atoms with Crippen LogP contribution >= 0.6 is 7.65 Å². The van der Waals surface area contributed by atoms with Crippen molar-refractivity contribution in [3.63, 3.8) is 0 Å². The molecule has 0 aliphatic rings. The molecule has 0 aromatic heterocycles. The quantitative estimate of drug-likeness (QED) is 0.517. The molecular formula is C4H9O2P. The maximum atomic E-state index is 10.1. The first-order chi connectivity index (χ1) is 3.13. The van der Waals surface area contributed by atoms with Gasteiger partial charge in [0.25, 0.3) is 0 Å². The molecule has 0 aromatic rings. The zero-order valence-electron chi connectivity index (χ0n) is 4.55. The number of hydrogen-bond donors (Lipinski definition) is 0. The van der Waals surface area contributed by atoms with E-state index in [1.54, 1.807) is 0 Å². The van der Waals surface area contributed by atoms with E-state index in [0.717, 1.165) is 0 Å². The van der Waals surface area contributed by atoms with E-state index >= 15 is 0 Å². The van der Waals surface area contributed by atoms with Crippen molar-refractivity contribution in [2.24, 2.45) is 0 Å². The fraction of sp³-hybridized carbons (Fsp3) is 0.750. The van der Waals surface area contributed by atoms with Crippen LogP contribution in [0, 0.1) is 0 Å². The van der Waals surface area contributed by atoms with Gasteiger partial charge >= 0.3 is 0 Å². The van der Waals surface area contributed by atoms with Gasteiger partial charge in [-0.3, -0.25) is 9.09 Å². The van der Waals surface area contributed by atoms with Crippen molar-refractivity contribution in [3.05, 3.63) is 0 Å². The van der Waals surface area contributed by atoms with E-state index in [-0.39, 0.29) is 6.10 Å². The van der Waals surface area contributed by atoms with Crippen LogP contribution in [-0.4, -0.2) is 12.4 Å². The highest BCUT2D eigenvalue weighted by Gasteiger charge is 1.88. The van der Waals surface area contributed by atoms with Crippen molar-refractivity contribution in [1.82, 2.24) is 0 Å². The third-order valence-electron chi connectivity index (χ3n) is 0.328. The molecule has 0 fully saturated rings. The van der Waals surface area contributed by atoms with E-state index < -0.39 is 7.65 Å². The van der Waals surface area contributed by atoms with E-state index in [1.807, 2.05) is 13.8 Å². The molecule has 0 saturated carbocycles. The fourth-order valence-electron chi connectivity index (χ4n) is 0.235. The molecule has 0 radical (unpaired) electrons. The van der Waals surface area contributed by atoms with E-state index in [2.05, 4.69) is 10.8 Å². The second-order valence-corrected chi connectivity index (χ2v) is 2.36. The van der Waals surface area contributed by atoms with Gasteiger partial charge in [0.1, 0.15) is 0 Å². The molecule has 0 heterocycles. The average molecular weight is 120 g/mol. The Morgan fingerprint density at radius 1 is 1.71 bits per heavy atom. The van der Waals surface area contributed by atoms with Crippen LogP contribution in [0.25, 0.3) is 0 Å². The van der Waals surface area contributed by atoms with Crippen LogP contribution in [0.2, 0.25) is 0 Å². The van der Waals surface area contributed by atoms with Gasteiger partial charge < -0.3 is 0 Å². The van der Waals surface area contributed by atoms with Crippen LogP contribution < -0.4 is 0 Å². The molecule has 3 heteroatoms. The van der Waals surface area contributed by atoms with Gasteiger partial charge in [0.2, 0.25) is 7.65 Å². The van der Waals surface area contributed by atoms with Gasteiger partial charge in [-0.15, -0.1) is 0 Å². The predicted molar refractivity (Wildman–Crippen MR) is 30.9 cm³/mol. The highest BCUT2D eigenvalue weighted by molar-refractivity contribution is 7.37. The average Bonchev–Trinajstić information content (AvgIpc) is 1.27. The molecule has 0 bridgehead atoms. The van der Waals surface area contributed by atoms with Gasteiger partial charge in [0.05, 0.1) is 6.10 Å². The molecule has 0 aromatic carbocycles. The largest absolute Gasteiger partial charge is 0.299 e. The summed E-state index contributed by atoms with van der Waals surface area (Å²) in [6, 6.07) is 0. The van der Waals surface area contributed by atoms with Crippen LogP contribution in [0.15, 0.2) is 0 Å². The summed E-state index contributed by atoms with van der Waals surface area (Å²) in [6.45, 7) is 3.64. The van der Waals surface area contributed by atoms with Crippen molar-refractivity contribution in [2.45, 2.75) is 20.0 Å². The maximum absolute atomic E-state index is 10.1. The van der Waals surface area contributed by atoms with Crippen LogP contribution in [0.1, 0.15) is 13.8 Å². The molecule has 42 valence electrons. The second-order valence-electron chi connectivity index (χ2n) is 1.49. The standard InChI is InChI=1S/C4H9O2P/c1-4(2)6-7(3)5/h4H,3H2,1-2H3. The predicted octanol–water partition coefficient (Wildman–Crippen LogP) is 1.59. The Hall–Kier alpha value is -0.0700. The van der Waals surface area contributed by atoms with Crippen molar-refractivity contribution in [1.29, 1.82) is 0 Å². The fourth-order valence-corrected chi connectivity index (χ4v) is 0.705. The third kappa shape index (κ3) is 5.93. The minimum absolute atomic E-state index is 0.0288. The van der Waals surface area contributed by atoms with E-state index in [1.165, 1.54) is 0 Å². The van der Waals surface area contributed by atoms with Gasteiger partial charge in [0.15, 0.2) is 0 Å². The van der Waals surface area contributed by atoms with E-state index in [9.17, 15) is 4.57 Å². The van der Waals surface area contributed by atoms with E-state index in [0.29, 0.717) is 0 Å². The summed E-state index contributed by atoms with van der Waals surface area (Å²) in [5.41, 5.74) is 0. The summed E-state index contributed by atoms with van der Waals surface area (Å²) in [7, 11) is -1.64. The SMILES string of the molecule is C=P(=O)OC(C)C. The first-order valence-electron chi connectivity index (χ1n) is 2.07. The van der Waals surface area contributed by atoms with Crippen LogP contribution in [-0.2, 0) is 9.09 Å². The second kappa shape index (κ2) is 3.00. The molecule has 2 nitrogen and oxygen atoms in total. The minimum atomic E-state index is -1.64. The monoisotopic (exact) mass is 120 g/mol. The molecule has 1 unspecified atom stereocenters. The molecule has 0 saturated heterocycles. The van der Waals surface area contributed by atoms with Gasteiger partial charge in [0, 0.05) is 0 Å². The smallest absolute Gasteiger partial charge is 0.231 e.